The molecule has 4 heterocycles. The molecule has 0 aliphatic rings. The van der Waals surface area contributed by atoms with Crippen molar-refractivity contribution in [3.63, 3.8) is 0 Å². The van der Waals surface area contributed by atoms with E-state index in [1.807, 2.05) is 48.5 Å². The van der Waals surface area contributed by atoms with Crippen LogP contribution in [0.4, 0.5) is 0 Å². The van der Waals surface area contributed by atoms with Gasteiger partial charge < -0.3 is 34.2 Å². The Balaban J connectivity index is 0.000000173. The van der Waals surface area contributed by atoms with Gasteiger partial charge in [0.1, 0.15) is 17.6 Å². The molecule has 0 aliphatic heterocycles. The maximum Gasteiger partial charge on any atom is 0.360 e. The number of nitrogens with one attached hydrogen (secondary N) is 1. The van der Waals surface area contributed by atoms with Gasteiger partial charge in [0.15, 0.2) is 22.9 Å². The number of aromatic hydroxyl groups is 2. The van der Waals surface area contributed by atoms with Crippen LogP contribution in [0.15, 0.2) is 81.9 Å². The number of aromatic nitrogens is 4. The van der Waals surface area contributed by atoms with Crippen LogP contribution in [0.1, 0.15) is 21.0 Å². The fourth-order valence-corrected chi connectivity index (χ4v) is 3.83. The Labute approximate surface area is 241 Å². The number of carbonyl (C=O) groups excluding carboxylic acids is 2. The Hall–Kier alpha value is -6.31. The van der Waals surface area contributed by atoms with Gasteiger partial charge in [-0.05, 0) is 24.3 Å². The van der Waals surface area contributed by atoms with Crippen LogP contribution >= 0.6 is 0 Å². The summed E-state index contributed by atoms with van der Waals surface area (Å²) >= 11 is 0. The molecule has 14 nitrogen and oxygen atoms in total. The molecule has 6 rings (SSSR count). The van der Waals surface area contributed by atoms with Crippen LogP contribution < -0.4 is 5.32 Å². The third-order valence-electron chi connectivity index (χ3n) is 5.85. The van der Waals surface area contributed by atoms with Gasteiger partial charge >= 0.3 is 11.9 Å². The third kappa shape index (κ3) is 5.92. The fourth-order valence-electron chi connectivity index (χ4n) is 3.83. The molecular formula is C29H21N5O9. The van der Waals surface area contributed by atoms with Crippen molar-refractivity contribution in [1.82, 2.24) is 25.3 Å². The van der Waals surface area contributed by atoms with Crippen molar-refractivity contribution in [1.29, 1.82) is 0 Å². The second kappa shape index (κ2) is 12.1. The van der Waals surface area contributed by atoms with Crippen molar-refractivity contribution in [2.45, 2.75) is 0 Å². The number of esters is 1. The number of pyridine rings is 2. The number of hydrogen-bond acceptors (Lipinski definition) is 12. The molecule has 0 bridgehead atoms. The van der Waals surface area contributed by atoms with Gasteiger partial charge in [-0.3, -0.25) is 9.59 Å². The number of carbonyl (C=O) groups is 3. The summed E-state index contributed by atoms with van der Waals surface area (Å²) in [6.45, 7) is -0.580. The van der Waals surface area contributed by atoms with Gasteiger partial charge in [-0.25, -0.2) is 24.7 Å². The summed E-state index contributed by atoms with van der Waals surface area (Å²) in [5.41, 5.74) is 1.73. The summed E-state index contributed by atoms with van der Waals surface area (Å²) in [5, 5.41) is 30.8. The molecule has 0 unspecified atom stereocenters. The van der Waals surface area contributed by atoms with Crippen LogP contribution in [-0.2, 0) is 9.53 Å². The number of ether oxygens (including phenoxy) is 1. The average molecular weight is 584 g/mol. The smallest absolute Gasteiger partial charge is 0.360 e. The van der Waals surface area contributed by atoms with Gasteiger partial charge in [0.05, 0.1) is 19.5 Å². The standard InChI is InChI=1S/C15H11N3O5.C14H10N2O4/c19-10(20)7-17-14(22)11-12(21)13-9(6-16-11)18-15(23-13)8-4-2-1-3-5-8;1-19-14(18)10-11(17)12-9(7-15-10)16-13(20-12)8-5-3-2-4-6-8/h1-6,21H,7H2,(H,17,22)(H,19,20);2-7,17H,1H3. The number of methoxy groups -OCH3 is 1. The molecular weight excluding hydrogens is 562 g/mol. The number of oxazole rings is 2. The summed E-state index contributed by atoms with van der Waals surface area (Å²) in [6.07, 6.45) is 2.64. The van der Waals surface area contributed by atoms with Gasteiger partial charge in [-0.1, -0.05) is 36.4 Å². The monoisotopic (exact) mass is 583 g/mol. The Morgan fingerprint density at radius 2 is 1.23 bits per heavy atom. The van der Waals surface area contributed by atoms with E-state index >= 15 is 0 Å². The van der Waals surface area contributed by atoms with E-state index in [4.69, 9.17) is 13.9 Å². The Morgan fingerprint density at radius 1 is 0.767 bits per heavy atom. The highest BCUT2D eigenvalue weighted by Crippen LogP contribution is 2.32. The molecule has 4 aromatic heterocycles. The lowest BCUT2D eigenvalue weighted by Crippen LogP contribution is -2.29. The van der Waals surface area contributed by atoms with Crippen molar-refractivity contribution < 1.29 is 43.3 Å². The van der Waals surface area contributed by atoms with E-state index < -0.39 is 30.1 Å². The summed E-state index contributed by atoms with van der Waals surface area (Å²) in [4.78, 5) is 49.8. The summed E-state index contributed by atoms with van der Waals surface area (Å²) in [6, 6.07) is 18.3. The largest absolute Gasteiger partial charge is 0.503 e. The minimum atomic E-state index is -1.20. The number of benzene rings is 2. The molecule has 0 saturated carbocycles. The van der Waals surface area contributed by atoms with E-state index in [2.05, 4.69) is 30.0 Å². The summed E-state index contributed by atoms with van der Waals surface area (Å²) < 4.78 is 15.5. The van der Waals surface area contributed by atoms with Crippen molar-refractivity contribution in [3.05, 3.63) is 84.4 Å². The summed E-state index contributed by atoms with van der Waals surface area (Å²) in [5.74, 6) is -2.99. The second-order valence-electron chi connectivity index (χ2n) is 8.68. The van der Waals surface area contributed by atoms with E-state index in [1.54, 1.807) is 12.1 Å². The van der Waals surface area contributed by atoms with E-state index in [9.17, 15) is 24.6 Å². The topological polar surface area (TPSA) is 211 Å². The third-order valence-corrected chi connectivity index (χ3v) is 5.85. The van der Waals surface area contributed by atoms with Crippen molar-refractivity contribution >= 4 is 40.0 Å². The predicted octanol–water partition coefficient (Wildman–Crippen LogP) is 3.79. The normalized spacial score (nSPS) is 10.6. The number of carboxylic acids is 1. The van der Waals surface area contributed by atoms with Crippen LogP contribution in [0.25, 0.3) is 45.1 Å². The highest BCUT2D eigenvalue weighted by Gasteiger charge is 2.22. The highest BCUT2D eigenvalue weighted by molar-refractivity contribution is 6.00. The average Bonchev–Trinajstić information content (AvgIpc) is 3.67. The second-order valence-corrected chi connectivity index (χ2v) is 8.68. The van der Waals surface area contributed by atoms with Crippen LogP contribution in [-0.4, -0.2) is 66.8 Å². The number of nitrogens with zero attached hydrogens (tertiary/aromatic N) is 4. The fraction of sp³-hybridized carbons (Fsp3) is 0.0690. The lowest BCUT2D eigenvalue weighted by atomic mass is 10.2. The van der Waals surface area contributed by atoms with Gasteiger partial charge in [-0.2, -0.15) is 0 Å². The molecule has 43 heavy (non-hydrogen) atoms. The predicted molar refractivity (Wildman–Crippen MR) is 149 cm³/mol. The first-order valence-electron chi connectivity index (χ1n) is 12.4. The van der Waals surface area contributed by atoms with Crippen LogP contribution in [0, 0.1) is 0 Å². The van der Waals surface area contributed by atoms with Crippen molar-refractivity contribution in [2.75, 3.05) is 13.7 Å². The lowest BCUT2D eigenvalue weighted by Gasteiger charge is -2.03. The minimum Gasteiger partial charge on any atom is -0.503 e. The minimum absolute atomic E-state index is 0.0133. The molecule has 216 valence electrons. The maximum atomic E-state index is 11.8. The number of amides is 1. The molecule has 4 N–H and O–H groups in total. The molecule has 14 heteroatoms. The Bertz CT molecular complexity index is 1950. The molecule has 6 aromatic rings. The number of rotatable bonds is 6. The maximum absolute atomic E-state index is 11.8. The van der Waals surface area contributed by atoms with E-state index in [0.717, 1.165) is 5.56 Å². The molecule has 0 radical (unpaired) electrons. The van der Waals surface area contributed by atoms with Crippen LogP contribution in [0.2, 0.25) is 0 Å². The quantitative estimate of drug-likeness (QED) is 0.206. The first-order chi connectivity index (χ1) is 20.8. The first-order valence-corrected chi connectivity index (χ1v) is 12.4. The molecule has 0 aliphatic carbocycles. The zero-order chi connectivity index (χ0) is 30.5. The van der Waals surface area contributed by atoms with Crippen molar-refractivity contribution in [3.8, 4) is 34.4 Å². The Morgan fingerprint density at radius 3 is 1.70 bits per heavy atom. The Kier molecular flexibility index (Phi) is 7.91. The molecule has 0 saturated heterocycles. The molecule has 0 atom stereocenters. The van der Waals surface area contributed by atoms with Gasteiger partial charge in [0.2, 0.25) is 22.9 Å². The molecule has 1 amide bonds. The highest BCUT2D eigenvalue weighted by atomic mass is 16.5. The zero-order valence-corrected chi connectivity index (χ0v) is 22.2. The summed E-state index contributed by atoms with van der Waals surface area (Å²) in [7, 11) is 1.21. The number of carboxylic acid groups (broad SMARTS) is 1. The molecule has 0 spiro atoms. The first kappa shape index (κ1) is 28.2. The lowest BCUT2D eigenvalue weighted by molar-refractivity contribution is -0.135. The van der Waals surface area contributed by atoms with Crippen LogP contribution in [0.5, 0.6) is 11.5 Å². The SMILES string of the molecule is COC(=O)c1ncc2nc(-c3ccccc3)oc2c1O.O=C(O)CNC(=O)c1ncc2nc(-c3ccccc3)oc2c1O. The zero-order valence-electron chi connectivity index (χ0n) is 22.2. The molecule has 2 aromatic carbocycles. The number of hydrogen-bond donors (Lipinski definition) is 4. The van der Waals surface area contributed by atoms with Gasteiger partial charge in [-0.15, -0.1) is 0 Å². The van der Waals surface area contributed by atoms with Crippen LogP contribution in [0.3, 0.4) is 0 Å². The van der Waals surface area contributed by atoms with Crippen molar-refractivity contribution in [2.24, 2.45) is 0 Å². The number of aliphatic carboxylic acids is 1. The number of fused-ring (bicyclic) bond motifs is 2. The van der Waals surface area contributed by atoms with E-state index in [0.29, 0.717) is 17.0 Å². The van der Waals surface area contributed by atoms with E-state index in [1.165, 1.54) is 19.5 Å². The molecule has 0 fully saturated rings. The van der Waals surface area contributed by atoms with E-state index in [-0.39, 0.29) is 39.7 Å². The van der Waals surface area contributed by atoms with Gasteiger partial charge in [0, 0.05) is 11.1 Å². The van der Waals surface area contributed by atoms with Gasteiger partial charge in [0.25, 0.3) is 5.91 Å².